The number of nitrogens with one attached hydrogen (secondary N) is 1. The van der Waals surface area contributed by atoms with Crippen LogP contribution < -0.4 is 11.1 Å². The van der Waals surface area contributed by atoms with Crippen LogP contribution in [0.15, 0.2) is 42.6 Å². The third-order valence-corrected chi connectivity index (χ3v) is 2.76. The predicted octanol–water partition coefficient (Wildman–Crippen LogP) is 2.81. The Morgan fingerprint density at radius 3 is 2.65 bits per heavy atom. The predicted molar refractivity (Wildman–Crippen MR) is 70.9 cm³/mol. The smallest absolute Gasteiger partial charge is 0.0589 e. The molecule has 0 fully saturated rings. The van der Waals surface area contributed by atoms with E-state index in [9.17, 15) is 0 Å². The second kappa shape index (κ2) is 5.66. The monoisotopic (exact) mass is 247 g/mol. The van der Waals surface area contributed by atoms with Gasteiger partial charge < -0.3 is 11.1 Å². The van der Waals surface area contributed by atoms with Crippen LogP contribution >= 0.6 is 11.6 Å². The molecule has 4 heteroatoms. The molecule has 0 saturated carbocycles. The quantitative estimate of drug-likeness (QED) is 0.874. The first-order valence-corrected chi connectivity index (χ1v) is 5.79. The van der Waals surface area contributed by atoms with Crippen molar-refractivity contribution in [3.05, 3.63) is 58.9 Å². The Labute approximate surface area is 106 Å². The molecule has 17 heavy (non-hydrogen) atoms. The molecule has 1 aromatic heterocycles. The molecule has 0 aliphatic heterocycles. The van der Waals surface area contributed by atoms with Gasteiger partial charge >= 0.3 is 0 Å². The van der Waals surface area contributed by atoms with Crippen LogP contribution in [0.1, 0.15) is 11.3 Å². The van der Waals surface area contributed by atoms with Crippen LogP contribution in [0, 0.1) is 0 Å². The number of hydrogen-bond donors (Lipinski definition) is 2. The number of nitrogens with two attached hydrogens (primary N) is 1. The lowest BCUT2D eigenvalue weighted by Crippen LogP contribution is -2.08. The molecule has 0 atom stereocenters. The second-order valence-electron chi connectivity index (χ2n) is 3.67. The Balaban J connectivity index is 2.04. The molecule has 0 radical (unpaired) electrons. The molecular weight excluding hydrogens is 234 g/mol. The molecule has 3 nitrogen and oxygen atoms in total. The highest BCUT2D eigenvalue weighted by Gasteiger charge is 2.00. The molecule has 0 amide bonds. The summed E-state index contributed by atoms with van der Waals surface area (Å²) in [6, 6.07) is 11.5. The highest BCUT2D eigenvalue weighted by atomic mass is 35.5. The number of anilines is 1. The summed E-state index contributed by atoms with van der Waals surface area (Å²) in [7, 11) is 0. The van der Waals surface area contributed by atoms with Gasteiger partial charge in [0.2, 0.25) is 0 Å². The molecule has 0 saturated heterocycles. The maximum absolute atomic E-state index is 5.82. The zero-order valence-electron chi connectivity index (χ0n) is 9.36. The van der Waals surface area contributed by atoms with Gasteiger partial charge in [0.1, 0.15) is 0 Å². The van der Waals surface area contributed by atoms with Crippen molar-refractivity contribution in [2.45, 2.75) is 13.1 Å². The molecular formula is C13H14ClN3. The van der Waals surface area contributed by atoms with E-state index in [2.05, 4.69) is 10.3 Å². The molecule has 1 heterocycles. The van der Waals surface area contributed by atoms with Crippen molar-refractivity contribution in [2.75, 3.05) is 5.32 Å². The van der Waals surface area contributed by atoms with Gasteiger partial charge in [-0.15, -0.1) is 0 Å². The lowest BCUT2D eigenvalue weighted by Gasteiger charge is -2.09. The fourth-order valence-corrected chi connectivity index (χ4v) is 1.71. The Morgan fingerprint density at radius 2 is 1.94 bits per heavy atom. The van der Waals surface area contributed by atoms with E-state index in [1.807, 2.05) is 36.4 Å². The number of benzene rings is 1. The van der Waals surface area contributed by atoms with Crippen molar-refractivity contribution in [2.24, 2.45) is 5.73 Å². The molecule has 0 aliphatic rings. The average Bonchev–Trinajstić information content (AvgIpc) is 2.38. The Morgan fingerprint density at radius 1 is 1.18 bits per heavy atom. The summed E-state index contributed by atoms with van der Waals surface area (Å²) >= 11 is 5.82. The first-order valence-electron chi connectivity index (χ1n) is 5.42. The Kier molecular flexibility index (Phi) is 3.96. The molecule has 0 aliphatic carbocycles. The number of nitrogens with zero attached hydrogens (tertiary/aromatic N) is 1. The third-order valence-electron chi connectivity index (χ3n) is 2.51. The summed E-state index contributed by atoms with van der Waals surface area (Å²) in [5.41, 5.74) is 8.70. The summed E-state index contributed by atoms with van der Waals surface area (Å²) in [6.07, 6.45) is 1.76. The van der Waals surface area contributed by atoms with Crippen molar-refractivity contribution in [1.82, 2.24) is 4.98 Å². The average molecular weight is 248 g/mol. The molecule has 2 aromatic rings. The van der Waals surface area contributed by atoms with Crippen molar-refractivity contribution >= 4 is 17.3 Å². The maximum atomic E-state index is 5.82. The van der Waals surface area contributed by atoms with Crippen LogP contribution in [0.2, 0.25) is 5.02 Å². The van der Waals surface area contributed by atoms with Crippen LogP contribution in [0.3, 0.4) is 0 Å². The zero-order chi connectivity index (χ0) is 12.1. The normalized spacial score (nSPS) is 10.2. The van der Waals surface area contributed by atoms with Crippen molar-refractivity contribution < 1.29 is 0 Å². The molecule has 0 unspecified atom stereocenters. The highest BCUT2D eigenvalue weighted by Crippen LogP contribution is 2.15. The van der Waals surface area contributed by atoms with E-state index in [-0.39, 0.29) is 0 Å². The van der Waals surface area contributed by atoms with Gasteiger partial charge in [-0.2, -0.15) is 0 Å². The molecule has 2 rings (SSSR count). The maximum Gasteiger partial charge on any atom is 0.0589 e. The molecule has 0 bridgehead atoms. The molecule has 88 valence electrons. The van der Waals surface area contributed by atoms with Gasteiger partial charge in [-0.25, -0.2) is 0 Å². The van der Waals surface area contributed by atoms with Crippen LogP contribution in [0.4, 0.5) is 5.69 Å². The van der Waals surface area contributed by atoms with Crippen LogP contribution in [-0.2, 0) is 13.1 Å². The van der Waals surface area contributed by atoms with Crippen LogP contribution in [0.25, 0.3) is 0 Å². The van der Waals surface area contributed by atoms with Crippen molar-refractivity contribution in [1.29, 1.82) is 0 Å². The van der Waals surface area contributed by atoms with E-state index in [4.69, 9.17) is 17.3 Å². The number of aromatic nitrogens is 1. The fraction of sp³-hybridized carbons (Fsp3) is 0.154. The number of rotatable bonds is 4. The van der Waals surface area contributed by atoms with Crippen molar-refractivity contribution in [3.63, 3.8) is 0 Å². The molecule has 3 N–H and O–H groups in total. The van der Waals surface area contributed by atoms with E-state index in [1.54, 1.807) is 6.20 Å². The van der Waals surface area contributed by atoms with E-state index in [1.165, 1.54) is 0 Å². The number of halogens is 1. The Hall–Kier alpha value is -1.58. The summed E-state index contributed by atoms with van der Waals surface area (Å²) < 4.78 is 0. The van der Waals surface area contributed by atoms with E-state index >= 15 is 0 Å². The van der Waals surface area contributed by atoms with Crippen LogP contribution in [0.5, 0.6) is 0 Å². The van der Waals surface area contributed by atoms with E-state index in [0.717, 1.165) is 22.0 Å². The second-order valence-corrected chi connectivity index (χ2v) is 4.11. The minimum Gasteiger partial charge on any atom is -0.381 e. The van der Waals surface area contributed by atoms with Crippen molar-refractivity contribution in [3.8, 4) is 0 Å². The van der Waals surface area contributed by atoms with Crippen LogP contribution in [-0.4, -0.2) is 4.98 Å². The fourth-order valence-electron chi connectivity index (χ4n) is 1.58. The van der Waals surface area contributed by atoms with Gasteiger partial charge in [0, 0.05) is 30.0 Å². The Bertz CT molecular complexity index is 482. The first-order chi connectivity index (χ1) is 8.29. The standard InChI is InChI=1S/C13H14ClN3/c14-11-3-5-12(6-4-11)17-9-10-2-1-7-16-13(10)8-15/h1-7,17H,8-9,15H2. The summed E-state index contributed by atoms with van der Waals surface area (Å²) in [4.78, 5) is 4.24. The number of hydrogen-bond acceptors (Lipinski definition) is 3. The minimum absolute atomic E-state index is 0.457. The SMILES string of the molecule is NCc1ncccc1CNc1ccc(Cl)cc1. The topological polar surface area (TPSA) is 50.9 Å². The summed E-state index contributed by atoms with van der Waals surface area (Å²) in [5, 5.41) is 4.04. The van der Waals surface area contributed by atoms with Gasteiger partial charge in [0.25, 0.3) is 0 Å². The summed E-state index contributed by atoms with van der Waals surface area (Å²) in [6.45, 7) is 1.17. The largest absolute Gasteiger partial charge is 0.381 e. The first kappa shape index (κ1) is 11.9. The van der Waals surface area contributed by atoms with E-state index < -0.39 is 0 Å². The van der Waals surface area contributed by atoms with Gasteiger partial charge in [-0.1, -0.05) is 17.7 Å². The lowest BCUT2D eigenvalue weighted by molar-refractivity contribution is 0.939. The van der Waals surface area contributed by atoms with Gasteiger partial charge in [0.15, 0.2) is 0 Å². The van der Waals surface area contributed by atoms with E-state index in [0.29, 0.717) is 13.1 Å². The van der Waals surface area contributed by atoms with Gasteiger partial charge in [-0.05, 0) is 35.9 Å². The zero-order valence-corrected chi connectivity index (χ0v) is 10.1. The summed E-state index contributed by atoms with van der Waals surface area (Å²) in [5.74, 6) is 0. The highest BCUT2D eigenvalue weighted by molar-refractivity contribution is 6.30. The molecule has 1 aromatic carbocycles. The third kappa shape index (κ3) is 3.19. The van der Waals surface area contributed by atoms with Gasteiger partial charge in [-0.3, -0.25) is 4.98 Å². The lowest BCUT2D eigenvalue weighted by atomic mass is 10.2. The number of pyridine rings is 1. The molecule has 0 spiro atoms. The van der Waals surface area contributed by atoms with Gasteiger partial charge in [0.05, 0.1) is 5.69 Å². The minimum atomic E-state index is 0.457.